The maximum absolute atomic E-state index is 14.2. The highest BCUT2D eigenvalue weighted by molar-refractivity contribution is 7.21. The molecule has 0 spiro atoms. The maximum Gasteiger partial charge on any atom is 0.454 e. The van der Waals surface area contributed by atoms with Crippen LogP contribution in [-0.4, -0.2) is 29.9 Å². The Bertz CT molecular complexity index is 1510. The summed E-state index contributed by atoms with van der Waals surface area (Å²) in [6.45, 7) is 1.46. The molecule has 1 heterocycles. The lowest BCUT2D eigenvalue weighted by molar-refractivity contribution is -0.0885. The minimum Gasteiger partial charge on any atom is -0.506 e. The van der Waals surface area contributed by atoms with Crippen molar-refractivity contribution in [1.29, 1.82) is 0 Å². The number of aromatic hydroxyl groups is 1. The number of benzene rings is 3. The van der Waals surface area contributed by atoms with E-state index in [1.807, 2.05) is 24.3 Å². The summed E-state index contributed by atoms with van der Waals surface area (Å²) in [6, 6.07) is 17.5. The van der Waals surface area contributed by atoms with Gasteiger partial charge in [0.2, 0.25) is 0 Å². The number of hydrogen-bond donors (Lipinski definition) is 2. The molecule has 1 fully saturated rings. The van der Waals surface area contributed by atoms with Gasteiger partial charge in [0.1, 0.15) is 16.4 Å². The van der Waals surface area contributed by atoms with Crippen LogP contribution in [0.5, 0.6) is 5.75 Å². The molecule has 0 saturated heterocycles. The van der Waals surface area contributed by atoms with E-state index in [2.05, 4.69) is 5.73 Å². The number of aryl methyl sites for hydroxylation is 1. The zero-order chi connectivity index (χ0) is 31.6. The van der Waals surface area contributed by atoms with Gasteiger partial charge in [0.05, 0.1) is 0 Å². The first kappa shape index (κ1) is 33.9. The topological polar surface area (TPSA) is 80.4 Å². The number of ketones is 2. The molecule has 1 aliphatic carbocycles. The van der Waals surface area contributed by atoms with Gasteiger partial charge >= 0.3 is 6.18 Å². The van der Waals surface area contributed by atoms with E-state index in [1.165, 1.54) is 75.6 Å². The Hall–Kier alpha value is -3.56. The first-order valence-corrected chi connectivity index (χ1v) is 15.2. The van der Waals surface area contributed by atoms with Gasteiger partial charge in [-0.2, -0.15) is 13.2 Å². The van der Waals surface area contributed by atoms with Crippen LogP contribution in [0.3, 0.4) is 0 Å². The molecule has 3 N–H and O–H groups in total. The highest BCUT2D eigenvalue weighted by Crippen LogP contribution is 2.36. The summed E-state index contributed by atoms with van der Waals surface area (Å²) in [5, 5.41) is 10.4. The average Bonchev–Trinajstić information content (AvgIpc) is 3.36. The van der Waals surface area contributed by atoms with Crippen molar-refractivity contribution >= 4 is 33.0 Å². The van der Waals surface area contributed by atoms with Crippen molar-refractivity contribution in [1.82, 2.24) is 0 Å². The molecule has 43 heavy (non-hydrogen) atoms. The number of rotatable bonds is 7. The number of fused-ring (bicyclic) bond motifs is 1. The fourth-order valence-electron chi connectivity index (χ4n) is 5.25. The number of halogens is 4. The third kappa shape index (κ3) is 9.21. The Morgan fingerprint density at radius 1 is 0.930 bits per heavy atom. The number of carbonyl (C=O) groups is 2. The van der Waals surface area contributed by atoms with Gasteiger partial charge in [0.15, 0.2) is 5.78 Å². The van der Waals surface area contributed by atoms with Gasteiger partial charge in [0, 0.05) is 22.6 Å². The maximum atomic E-state index is 14.2. The third-order valence-electron chi connectivity index (χ3n) is 7.46. The van der Waals surface area contributed by atoms with Gasteiger partial charge in [0.25, 0.3) is 5.78 Å². The van der Waals surface area contributed by atoms with Crippen LogP contribution in [0.4, 0.5) is 17.6 Å². The van der Waals surface area contributed by atoms with Crippen LogP contribution in [0.25, 0.3) is 21.2 Å². The predicted octanol–water partition coefficient (Wildman–Crippen LogP) is 9.53. The molecule has 4 aromatic rings. The number of thiophene rings is 1. The second-order valence-corrected chi connectivity index (χ2v) is 11.5. The molecular weight excluding hydrogens is 578 g/mol. The Morgan fingerprint density at radius 3 is 2.16 bits per heavy atom. The van der Waals surface area contributed by atoms with E-state index in [0.717, 1.165) is 46.5 Å². The number of nitrogens with two attached hydrogens (primary N) is 1. The van der Waals surface area contributed by atoms with Gasteiger partial charge in [-0.3, -0.25) is 9.59 Å². The fraction of sp³-hybridized carbons (Fsp3) is 0.353. The Labute approximate surface area is 253 Å². The molecule has 4 nitrogen and oxygen atoms in total. The Kier molecular flexibility index (Phi) is 12.5. The van der Waals surface area contributed by atoms with Crippen molar-refractivity contribution in [2.45, 2.75) is 64.5 Å². The van der Waals surface area contributed by atoms with Gasteiger partial charge in [-0.15, -0.1) is 11.3 Å². The van der Waals surface area contributed by atoms with Crippen molar-refractivity contribution in [3.63, 3.8) is 0 Å². The highest BCUT2D eigenvalue weighted by Gasteiger charge is 2.39. The second-order valence-electron chi connectivity index (χ2n) is 10.4. The van der Waals surface area contributed by atoms with Crippen LogP contribution in [0.2, 0.25) is 0 Å². The second kappa shape index (κ2) is 15.8. The first-order chi connectivity index (χ1) is 20.5. The summed E-state index contributed by atoms with van der Waals surface area (Å²) in [5.41, 5.74) is 6.13. The van der Waals surface area contributed by atoms with Gasteiger partial charge in [-0.25, -0.2) is 4.39 Å². The minimum absolute atomic E-state index is 0.0845. The number of carbonyl (C=O) groups excluding carboxylic acids is 2. The summed E-state index contributed by atoms with van der Waals surface area (Å²) < 4.78 is 52.7. The molecule has 230 valence electrons. The lowest BCUT2D eigenvalue weighted by atomic mass is 9.85. The Balaban J connectivity index is 0.000000280. The molecule has 5 rings (SSSR count). The molecule has 1 saturated carbocycles. The molecule has 1 aliphatic rings. The highest BCUT2D eigenvalue weighted by atomic mass is 32.1. The SMILES string of the molecule is CC(=O)c1sc2ccccc2c1O.CN.O=C(c1ccc(-c2ccc(F)c(CCCC3CCCCC3)c2)cc1)C(F)(F)F. The van der Waals surface area contributed by atoms with E-state index in [4.69, 9.17) is 0 Å². The molecule has 0 bridgehead atoms. The van der Waals surface area contributed by atoms with E-state index >= 15 is 0 Å². The third-order valence-corrected chi connectivity index (χ3v) is 8.72. The number of Topliss-reactive ketones (excluding diaryl/α,β-unsaturated/α-hetero) is 2. The summed E-state index contributed by atoms with van der Waals surface area (Å²) in [5.74, 6) is -1.33. The zero-order valence-corrected chi connectivity index (χ0v) is 25.2. The summed E-state index contributed by atoms with van der Waals surface area (Å²) in [4.78, 5) is 22.8. The molecule has 0 amide bonds. The quantitative estimate of drug-likeness (QED) is 0.160. The molecule has 3 aromatic carbocycles. The van der Waals surface area contributed by atoms with Crippen molar-refractivity contribution in [2.24, 2.45) is 11.7 Å². The first-order valence-electron chi connectivity index (χ1n) is 14.3. The van der Waals surface area contributed by atoms with E-state index < -0.39 is 17.5 Å². The largest absolute Gasteiger partial charge is 0.506 e. The van der Waals surface area contributed by atoms with Gasteiger partial charge in [-0.05, 0) is 66.8 Å². The molecule has 0 radical (unpaired) electrons. The van der Waals surface area contributed by atoms with Crippen LogP contribution in [0.1, 0.15) is 77.5 Å². The predicted molar refractivity (Wildman–Crippen MR) is 165 cm³/mol. The smallest absolute Gasteiger partial charge is 0.454 e. The molecule has 0 aliphatic heterocycles. The van der Waals surface area contributed by atoms with E-state index in [1.54, 1.807) is 12.1 Å². The molecule has 1 aromatic heterocycles. The average molecular weight is 616 g/mol. The molecule has 0 atom stereocenters. The van der Waals surface area contributed by atoms with Crippen molar-refractivity contribution in [3.8, 4) is 16.9 Å². The molecular formula is C34H37F4NO3S. The summed E-state index contributed by atoms with van der Waals surface area (Å²) in [6.07, 6.45) is 4.26. The monoisotopic (exact) mass is 615 g/mol. The van der Waals surface area contributed by atoms with Crippen molar-refractivity contribution < 1.29 is 32.3 Å². The van der Waals surface area contributed by atoms with Crippen LogP contribution in [0.15, 0.2) is 66.7 Å². The lowest BCUT2D eigenvalue weighted by Crippen LogP contribution is -2.22. The van der Waals surface area contributed by atoms with E-state index in [-0.39, 0.29) is 17.3 Å². The van der Waals surface area contributed by atoms with Crippen LogP contribution in [0, 0.1) is 11.7 Å². The zero-order valence-electron chi connectivity index (χ0n) is 24.3. The molecule has 0 unspecified atom stereocenters. The Morgan fingerprint density at radius 2 is 1.56 bits per heavy atom. The molecule has 9 heteroatoms. The van der Waals surface area contributed by atoms with Gasteiger partial charge < -0.3 is 10.8 Å². The van der Waals surface area contributed by atoms with E-state index in [0.29, 0.717) is 22.4 Å². The normalized spacial score (nSPS) is 13.5. The van der Waals surface area contributed by atoms with Crippen LogP contribution >= 0.6 is 11.3 Å². The van der Waals surface area contributed by atoms with Crippen LogP contribution < -0.4 is 5.73 Å². The number of hydrogen-bond acceptors (Lipinski definition) is 5. The number of alkyl halides is 3. The summed E-state index contributed by atoms with van der Waals surface area (Å²) in [7, 11) is 1.50. The standard InChI is InChI=1S/C23H24F4O.C10H8O2S.CH5N/c24-21-14-13-19(15-20(21)8-4-7-16-5-2-1-3-6-16)17-9-11-18(12-10-17)22(28)23(25,26)27;1-6(11)10-9(12)7-4-2-3-5-8(7)13-10;1-2/h9-16H,1-8H2;2-5,12H,1H3;2H2,1H3. The van der Waals surface area contributed by atoms with Crippen LogP contribution in [-0.2, 0) is 6.42 Å². The lowest BCUT2D eigenvalue weighted by Gasteiger charge is -2.21. The van der Waals surface area contributed by atoms with Gasteiger partial charge in [-0.1, -0.05) is 81.0 Å². The van der Waals surface area contributed by atoms with Crippen molar-refractivity contribution in [2.75, 3.05) is 7.05 Å². The summed E-state index contributed by atoms with van der Waals surface area (Å²) >= 11 is 1.33. The fourth-order valence-corrected chi connectivity index (χ4v) is 6.24. The van der Waals surface area contributed by atoms with Crippen molar-refractivity contribution in [3.05, 3.63) is 88.6 Å². The van der Waals surface area contributed by atoms with E-state index in [9.17, 15) is 32.3 Å². The minimum atomic E-state index is -4.89.